The van der Waals surface area contributed by atoms with Gasteiger partial charge in [-0.15, -0.1) is 0 Å². The molecule has 0 atom stereocenters. The largest absolute Gasteiger partial charge is 0.435 e. The van der Waals surface area contributed by atoms with E-state index in [1.807, 2.05) is 0 Å². The van der Waals surface area contributed by atoms with Crippen LogP contribution >= 0.6 is 0 Å². The Hall–Kier alpha value is -3.96. The highest BCUT2D eigenvalue weighted by Gasteiger charge is 2.50. The SMILES string of the molecule is CC(=O)C12CCC(CNC(=O)c3cc(C(=O)NCc4cccc(OC(F)F)c4)nc4c(F)cnn34)(CC1)CC2. The van der Waals surface area contributed by atoms with Crippen molar-refractivity contribution < 1.29 is 32.3 Å². The molecule has 2 aromatic heterocycles. The molecule has 12 heteroatoms. The number of alkyl halides is 2. The number of halogens is 3. The predicted octanol–water partition coefficient (Wildman–Crippen LogP) is 4.06. The molecule has 2 heterocycles. The number of amides is 2. The lowest BCUT2D eigenvalue weighted by Gasteiger charge is -2.52. The van der Waals surface area contributed by atoms with Crippen LogP contribution in [0.4, 0.5) is 13.2 Å². The zero-order chi connectivity index (χ0) is 27.8. The van der Waals surface area contributed by atoms with E-state index in [2.05, 4.69) is 25.5 Å². The second-order valence-electron chi connectivity index (χ2n) is 10.5. The average molecular weight is 544 g/mol. The van der Waals surface area contributed by atoms with Gasteiger partial charge < -0.3 is 15.4 Å². The van der Waals surface area contributed by atoms with Crippen molar-refractivity contribution in [2.24, 2.45) is 10.8 Å². The maximum Gasteiger partial charge on any atom is 0.387 e. The molecule has 3 saturated carbocycles. The van der Waals surface area contributed by atoms with Gasteiger partial charge in [-0.05, 0) is 68.6 Å². The van der Waals surface area contributed by atoms with E-state index in [0.29, 0.717) is 12.1 Å². The molecule has 0 radical (unpaired) electrons. The Bertz CT molecular complexity index is 1420. The number of nitrogens with zero attached hydrogens (tertiary/aromatic N) is 3. The molecule has 3 aliphatic carbocycles. The third kappa shape index (κ3) is 5.32. The van der Waals surface area contributed by atoms with Crippen LogP contribution in [0.1, 0.15) is 72.0 Å². The number of rotatable bonds is 9. The normalized spacial score (nSPS) is 22.2. The molecule has 0 aliphatic heterocycles. The molecule has 2 N–H and O–H groups in total. The van der Waals surface area contributed by atoms with Crippen LogP contribution in [-0.2, 0) is 11.3 Å². The van der Waals surface area contributed by atoms with E-state index in [1.54, 1.807) is 13.0 Å². The fraction of sp³-hybridized carbons (Fsp3) is 0.444. The maximum absolute atomic E-state index is 14.4. The third-order valence-electron chi connectivity index (χ3n) is 8.24. The van der Waals surface area contributed by atoms with Crippen molar-refractivity contribution in [1.82, 2.24) is 25.2 Å². The van der Waals surface area contributed by atoms with E-state index in [1.165, 1.54) is 24.3 Å². The van der Waals surface area contributed by atoms with Crippen molar-refractivity contribution in [3.05, 3.63) is 59.3 Å². The minimum absolute atomic E-state index is 0.0420. The summed E-state index contributed by atoms with van der Waals surface area (Å²) in [6, 6.07) is 7.07. The summed E-state index contributed by atoms with van der Waals surface area (Å²) in [5.74, 6) is -1.83. The minimum atomic E-state index is -2.98. The van der Waals surface area contributed by atoms with Crippen molar-refractivity contribution >= 4 is 23.2 Å². The highest BCUT2D eigenvalue weighted by atomic mass is 19.3. The first-order chi connectivity index (χ1) is 18.6. The molecular weight excluding hydrogens is 515 g/mol. The zero-order valence-electron chi connectivity index (χ0n) is 21.3. The lowest BCUT2D eigenvalue weighted by Crippen LogP contribution is -2.49. The number of hydrogen-bond acceptors (Lipinski definition) is 6. The van der Waals surface area contributed by atoms with Crippen LogP contribution in [0.15, 0.2) is 36.5 Å². The number of aromatic nitrogens is 3. The van der Waals surface area contributed by atoms with Gasteiger partial charge in [-0.3, -0.25) is 14.4 Å². The Balaban J connectivity index is 1.30. The highest BCUT2D eigenvalue weighted by Crippen LogP contribution is 2.56. The number of carbonyl (C=O) groups is 3. The third-order valence-corrected chi connectivity index (χ3v) is 8.24. The summed E-state index contributed by atoms with van der Waals surface area (Å²) in [7, 11) is 0. The van der Waals surface area contributed by atoms with Gasteiger partial charge in [0, 0.05) is 24.6 Å². The molecule has 39 heavy (non-hydrogen) atoms. The molecule has 3 aromatic rings. The number of ketones is 1. The number of nitrogens with one attached hydrogen (secondary N) is 2. The summed E-state index contributed by atoms with van der Waals surface area (Å²) in [6.07, 6.45) is 5.86. The highest BCUT2D eigenvalue weighted by molar-refractivity contribution is 5.98. The second-order valence-corrected chi connectivity index (χ2v) is 10.5. The van der Waals surface area contributed by atoms with Crippen LogP contribution in [0, 0.1) is 16.6 Å². The molecule has 206 valence electrons. The topological polar surface area (TPSA) is 115 Å². The minimum Gasteiger partial charge on any atom is -0.435 e. The fourth-order valence-corrected chi connectivity index (χ4v) is 5.73. The molecule has 2 amide bonds. The molecule has 6 rings (SSSR count). The Kier molecular flexibility index (Phi) is 7.04. The maximum atomic E-state index is 14.4. The average Bonchev–Trinajstić information content (AvgIpc) is 3.31. The fourth-order valence-electron chi connectivity index (χ4n) is 5.73. The van der Waals surface area contributed by atoms with Crippen LogP contribution < -0.4 is 15.4 Å². The molecule has 0 spiro atoms. The van der Waals surface area contributed by atoms with E-state index in [9.17, 15) is 27.6 Å². The van der Waals surface area contributed by atoms with Gasteiger partial charge in [0.1, 0.15) is 22.9 Å². The smallest absolute Gasteiger partial charge is 0.387 e. The van der Waals surface area contributed by atoms with E-state index in [0.717, 1.165) is 49.2 Å². The molecule has 9 nitrogen and oxygen atoms in total. The van der Waals surface area contributed by atoms with Crippen molar-refractivity contribution in [3.63, 3.8) is 0 Å². The Labute approximate surface area is 222 Å². The Morgan fingerprint density at radius 3 is 2.44 bits per heavy atom. The lowest BCUT2D eigenvalue weighted by atomic mass is 9.52. The van der Waals surface area contributed by atoms with E-state index < -0.39 is 24.2 Å². The molecule has 3 fully saturated rings. The van der Waals surface area contributed by atoms with Crippen molar-refractivity contribution in [2.75, 3.05) is 6.54 Å². The van der Waals surface area contributed by atoms with Gasteiger partial charge in [0.2, 0.25) is 0 Å². The molecule has 0 unspecified atom stereocenters. The first-order valence-corrected chi connectivity index (χ1v) is 12.8. The molecule has 3 aliphatic rings. The first kappa shape index (κ1) is 26.6. The monoisotopic (exact) mass is 543 g/mol. The van der Waals surface area contributed by atoms with Crippen molar-refractivity contribution in [3.8, 4) is 5.75 Å². The summed E-state index contributed by atoms with van der Waals surface area (Å²) in [6.45, 7) is -0.971. The number of benzene rings is 1. The number of ether oxygens (including phenoxy) is 1. The first-order valence-electron chi connectivity index (χ1n) is 12.8. The molecule has 1 aromatic carbocycles. The van der Waals surface area contributed by atoms with Gasteiger partial charge in [-0.1, -0.05) is 12.1 Å². The van der Waals surface area contributed by atoms with Crippen LogP contribution in [0.3, 0.4) is 0 Å². The van der Waals surface area contributed by atoms with Crippen LogP contribution in [0.25, 0.3) is 5.65 Å². The quantitative estimate of drug-likeness (QED) is 0.421. The van der Waals surface area contributed by atoms with E-state index in [4.69, 9.17) is 0 Å². The van der Waals surface area contributed by atoms with Crippen LogP contribution in [-0.4, -0.2) is 45.4 Å². The van der Waals surface area contributed by atoms with Gasteiger partial charge in [-0.25, -0.2) is 13.9 Å². The number of carbonyl (C=O) groups excluding carboxylic acids is 3. The lowest BCUT2D eigenvalue weighted by molar-refractivity contribution is -0.135. The number of Topliss-reactive ketones (excluding diaryl/α,β-unsaturated/α-hetero) is 1. The van der Waals surface area contributed by atoms with Gasteiger partial charge in [0.25, 0.3) is 11.8 Å². The Morgan fingerprint density at radius 1 is 1.05 bits per heavy atom. The summed E-state index contributed by atoms with van der Waals surface area (Å²) < 4.78 is 44.8. The van der Waals surface area contributed by atoms with Gasteiger partial charge >= 0.3 is 6.61 Å². The zero-order valence-corrected chi connectivity index (χ0v) is 21.3. The molecule has 2 bridgehead atoms. The number of hydrogen-bond donors (Lipinski definition) is 2. The second kappa shape index (κ2) is 10.3. The van der Waals surface area contributed by atoms with Gasteiger partial charge in [0.15, 0.2) is 11.5 Å². The summed E-state index contributed by atoms with van der Waals surface area (Å²) in [4.78, 5) is 42.3. The Morgan fingerprint density at radius 2 is 1.77 bits per heavy atom. The van der Waals surface area contributed by atoms with Crippen LogP contribution in [0.2, 0.25) is 0 Å². The summed E-state index contributed by atoms with van der Waals surface area (Å²) in [5.41, 5.74) is -0.370. The molecule has 0 saturated heterocycles. The summed E-state index contributed by atoms with van der Waals surface area (Å²) >= 11 is 0. The molecular formula is C27H28F3N5O4. The van der Waals surface area contributed by atoms with E-state index >= 15 is 0 Å². The standard InChI is InChI=1S/C27H28F3N5O4/c1-16(36)27-8-5-26(6-9-27,7-10-27)15-32-24(38)21-12-20(34-22-19(28)14-33-35(21)22)23(37)31-13-17-3-2-4-18(11-17)39-25(29)30/h2-4,11-12,14,25H,5-10,13,15H2,1H3,(H,31,37)(H,32,38). The van der Waals surface area contributed by atoms with Gasteiger partial charge in [-0.2, -0.15) is 13.9 Å². The van der Waals surface area contributed by atoms with Gasteiger partial charge in [0.05, 0.1) is 6.20 Å². The predicted molar refractivity (Wildman–Crippen MR) is 133 cm³/mol. The van der Waals surface area contributed by atoms with E-state index in [-0.39, 0.29) is 45.9 Å². The van der Waals surface area contributed by atoms with Crippen molar-refractivity contribution in [2.45, 2.75) is 58.6 Å². The van der Waals surface area contributed by atoms with Crippen molar-refractivity contribution in [1.29, 1.82) is 0 Å². The summed E-state index contributed by atoms with van der Waals surface area (Å²) in [5, 5.41) is 9.44. The van der Waals surface area contributed by atoms with Crippen LogP contribution in [0.5, 0.6) is 5.75 Å². The number of fused-ring (bicyclic) bond motifs is 4.